The first-order valence-electron chi connectivity index (χ1n) is 13.4. The molecule has 0 radical (unpaired) electrons. The van der Waals surface area contributed by atoms with Crippen LogP contribution in [0.25, 0.3) is 0 Å². The Hall–Kier alpha value is -3.27. The van der Waals surface area contributed by atoms with Crippen molar-refractivity contribution in [2.45, 2.75) is 57.7 Å². The van der Waals surface area contributed by atoms with Gasteiger partial charge in [-0.05, 0) is 66.8 Å². The summed E-state index contributed by atoms with van der Waals surface area (Å²) in [5, 5.41) is 2.90. The molecule has 0 bridgehead atoms. The van der Waals surface area contributed by atoms with E-state index in [9.17, 15) is 17.6 Å². The summed E-state index contributed by atoms with van der Waals surface area (Å²) < 4.78 is 45.1. The van der Waals surface area contributed by atoms with Crippen LogP contribution in [0.2, 0.25) is 0 Å². The van der Waals surface area contributed by atoms with Crippen molar-refractivity contribution in [2.24, 2.45) is 5.73 Å². The van der Waals surface area contributed by atoms with Crippen molar-refractivity contribution >= 4 is 21.6 Å². The summed E-state index contributed by atoms with van der Waals surface area (Å²) in [6.07, 6.45) is 4.55. The molecule has 3 aromatic rings. The number of rotatable bonds is 14. The highest BCUT2D eigenvalue weighted by Gasteiger charge is 2.26. The van der Waals surface area contributed by atoms with Gasteiger partial charge in [-0.25, -0.2) is 12.8 Å². The summed E-state index contributed by atoms with van der Waals surface area (Å²) >= 11 is 0. The van der Waals surface area contributed by atoms with E-state index in [0.29, 0.717) is 24.3 Å². The number of halogens is 1. The highest BCUT2D eigenvalue weighted by molar-refractivity contribution is 7.92. The van der Waals surface area contributed by atoms with Gasteiger partial charge in [0, 0.05) is 18.2 Å². The van der Waals surface area contributed by atoms with Gasteiger partial charge in [0.25, 0.3) is 5.91 Å². The van der Waals surface area contributed by atoms with Gasteiger partial charge in [0.05, 0.1) is 31.2 Å². The Labute approximate surface area is 237 Å². The average Bonchev–Trinajstić information content (AvgIpc) is 2.91. The zero-order chi connectivity index (χ0) is 29.3. The highest BCUT2D eigenvalue weighted by atomic mass is 32.2. The quantitative estimate of drug-likeness (QED) is 0.272. The fourth-order valence-electron chi connectivity index (χ4n) is 4.49. The molecule has 7 nitrogen and oxygen atoms in total. The third-order valence-corrected chi connectivity index (χ3v) is 8.11. The Morgan fingerprint density at radius 3 is 2.38 bits per heavy atom. The number of nitrogens with one attached hydrogen (secondary N) is 1. The van der Waals surface area contributed by atoms with E-state index in [2.05, 4.69) is 24.4 Å². The first-order chi connectivity index (χ1) is 18.9. The lowest BCUT2D eigenvalue weighted by molar-refractivity contribution is 0.0683. The summed E-state index contributed by atoms with van der Waals surface area (Å²) in [7, 11) is -2.13. The second-order valence-electron chi connectivity index (χ2n) is 10.5. The molecule has 216 valence electrons. The van der Waals surface area contributed by atoms with Crippen LogP contribution >= 0.6 is 0 Å². The number of nitrogens with zero attached hydrogens (tertiary/aromatic N) is 1. The van der Waals surface area contributed by atoms with Gasteiger partial charge in [0.1, 0.15) is 5.82 Å². The summed E-state index contributed by atoms with van der Waals surface area (Å²) in [5.74, 6) is -0.745. The van der Waals surface area contributed by atoms with E-state index in [1.54, 1.807) is 31.2 Å². The van der Waals surface area contributed by atoms with Crippen molar-refractivity contribution in [3.05, 3.63) is 101 Å². The molecule has 1 unspecified atom stereocenters. The number of benzene rings is 3. The molecule has 40 heavy (non-hydrogen) atoms. The van der Waals surface area contributed by atoms with Crippen molar-refractivity contribution in [3.63, 3.8) is 0 Å². The fourth-order valence-corrected chi connectivity index (χ4v) is 4.98. The zero-order valence-corrected chi connectivity index (χ0v) is 24.5. The smallest absolute Gasteiger partial charge is 0.251 e. The fraction of sp³-hybridized carbons (Fsp3) is 0.387. The maximum Gasteiger partial charge on any atom is 0.251 e. The van der Waals surface area contributed by atoms with E-state index >= 15 is 0 Å². The number of sulfonamides is 1. The number of carbonyl (C=O) groups excluding carboxylic acids is 1. The molecule has 0 saturated carbocycles. The molecule has 3 rings (SSSR count). The predicted molar refractivity (Wildman–Crippen MR) is 158 cm³/mol. The number of carbonyl (C=O) groups is 1. The SMILES string of the molecule is CCCCC(N)(COCc1cc(C(=O)N[C@H](C)c2ccc(F)cc2)cc(N(C)S(C)(=O)=O)c1)Cc1ccccc1. The van der Waals surface area contributed by atoms with Gasteiger partial charge in [-0.3, -0.25) is 9.10 Å². The number of ether oxygens (including phenoxy) is 1. The Bertz CT molecular complexity index is 1370. The highest BCUT2D eigenvalue weighted by Crippen LogP contribution is 2.24. The second-order valence-corrected chi connectivity index (χ2v) is 12.5. The minimum absolute atomic E-state index is 0.152. The van der Waals surface area contributed by atoms with Crippen LogP contribution in [0.15, 0.2) is 72.8 Å². The monoisotopic (exact) mass is 569 g/mol. The largest absolute Gasteiger partial charge is 0.375 e. The first-order valence-corrected chi connectivity index (χ1v) is 15.3. The van der Waals surface area contributed by atoms with E-state index < -0.39 is 21.6 Å². The van der Waals surface area contributed by atoms with E-state index in [1.165, 1.54) is 25.2 Å². The maximum atomic E-state index is 13.3. The minimum Gasteiger partial charge on any atom is -0.375 e. The minimum atomic E-state index is -3.57. The van der Waals surface area contributed by atoms with E-state index in [1.807, 2.05) is 18.2 Å². The van der Waals surface area contributed by atoms with Crippen LogP contribution in [-0.4, -0.2) is 39.8 Å². The molecule has 0 saturated heterocycles. The Morgan fingerprint density at radius 1 is 1.07 bits per heavy atom. The van der Waals surface area contributed by atoms with Crippen LogP contribution in [0.4, 0.5) is 10.1 Å². The number of nitrogens with two attached hydrogens (primary N) is 1. The van der Waals surface area contributed by atoms with Gasteiger partial charge >= 0.3 is 0 Å². The normalized spacial score (nSPS) is 13.8. The van der Waals surface area contributed by atoms with E-state index in [-0.39, 0.29) is 23.9 Å². The molecule has 0 aromatic heterocycles. The topological polar surface area (TPSA) is 102 Å². The standard InChI is InChI=1S/C31H40FN3O4S/c1-5-6-16-31(33,20-24-10-8-7-9-11-24)22-39-21-25-17-27(19-29(18-25)35(3)40(4,37)38)30(36)34-23(2)26-12-14-28(32)15-13-26/h7-15,17-19,23H,5-6,16,20-22,33H2,1-4H3,(H,34,36)/t23-,31?/m1/s1. The molecule has 2 atom stereocenters. The number of hydrogen-bond acceptors (Lipinski definition) is 5. The van der Waals surface area contributed by atoms with Gasteiger partial charge in [-0.15, -0.1) is 0 Å². The number of anilines is 1. The first kappa shape index (κ1) is 31.3. The Morgan fingerprint density at radius 2 is 1.75 bits per heavy atom. The molecule has 1 amide bonds. The summed E-state index contributed by atoms with van der Waals surface area (Å²) in [4.78, 5) is 13.2. The van der Waals surface area contributed by atoms with Gasteiger partial charge in [0.2, 0.25) is 10.0 Å². The molecule has 3 aromatic carbocycles. The lowest BCUT2D eigenvalue weighted by Crippen LogP contribution is -2.46. The van der Waals surface area contributed by atoms with Crippen molar-refractivity contribution < 1.29 is 22.3 Å². The molecule has 0 aliphatic rings. The molecular weight excluding hydrogens is 529 g/mol. The third-order valence-electron chi connectivity index (χ3n) is 6.90. The summed E-state index contributed by atoms with van der Waals surface area (Å²) in [6, 6.07) is 20.5. The van der Waals surface area contributed by atoms with Crippen LogP contribution < -0.4 is 15.4 Å². The summed E-state index contributed by atoms with van der Waals surface area (Å²) in [6.45, 7) is 4.37. The van der Waals surface area contributed by atoms with Crippen LogP contribution in [-0.2, 0) is 27.8 Å². The maximum absolute atomic E-state index is 13.3. The van der Waals surface area contributed by atoms with Crippen LogP contribution in [0.5, 0.6) is 0 Å². The van der Waals surface area contributed by atoms with Gasteiger partial charge < -0.3 is 15.8 Å². The predicted octanol–water partition coefficient (Wildman–Crippen LogP) is 5.36. The molecule has 0 spiro atoms. The Balaban J connectivity index is 1.80. The van der Waals surface area contributed by atoms with Crippen LogP contribution in [0.1, 0.15) is 66.2 Å². The van der Waals surface area contributed by atoms with Crippen molar-refractivity contribution in [3.8, 4) is 0 Å². The summed E-state index contributed by atoms with van der Waals surface area (Å²) in [5.41, 5.74) is 9.40. The second kappa shape index (κ2) is 13.9. The van der Waals surface area contributed by atoms with Crippen LogP contribution in [0, 0.1) is 5.82 Å². The molecule has 0 aliphatic heterocycles. The zero-order valence-electron chi connectivity index (χ0n) is 23.7. The average molecular weight is 570 g/mol. The lowest BCUT2D eigenvalue weighted by atomic mass is 9.87. The van der Waals surface area contributed by atoms with Crippen molar-refractivity contribution in [1.29, 1.82) is 0 Å². The number of amides is 1. The third kappa shape index (κ3) is 9.15. The molecule has 0 heterocycles. The van der Waals surface area contributed by atoms with E-state index in [0.717, 1.165) is 41.0 Å². The number of unbranched alkanes of at least 4 members (excludes halogenated alkanes) is 1. The molecule has 9 heteroatoms. The number of hydrogen-bond donors (Lipinski definition) is 2. The lowest BCUT2D eigenvalue weighted by Gasteiger charge is -2.30. The molecule has 3 N–H and O–H groups in total. The molecule has 0 aliphatic carbocycles. The van der Waals surface area contributed by atoms with Gasteiger partial charge in [0.15, 0.2) is 0 Å². The van der Waals surface area contributed by atoms with Crippen LogP contribution in [0.3, 0.4) is 0 Å². The molecular formula is C31H40FN3O4S. The van der Waals surface area contributed by atoms with E-state index in [4.69, 9.17) is 10.5 Å². The van der Waals surface area contributed by atoms with Gasteiger partial charge in [-0.1, -0.05) is 62.2 Å². The Kier molecular flexibility index (Phi) is 10.8. The van der Waals surface area contributed by atoms with Crippen molar-refractivity contribution in [2.75, 3.05) is 24.2 Å². The van der Waals surface area contributed by atoms with Crippen molar-refractivity contribution in [1.82, 2.24) is 5.32 Å². The van der Waals surface area contributed by atoms with Gasteiger partial charge in [-0.2, -0.15) is 0 Å². The molecule has 0 fully saturated rings.